The number of benzene rings is 1. The van der Waals surface area contributed by atoms with Gasteiger partial charge >= 0.3 is 5.97 Å². The van der Waals surface area contributed by atoms with Crippen LogP contribution in [0.4, 0.5) is 0 Å². The molecule has 4 heteroatoms. The van der Waals surface area contributed by atoms with Gasteiger partial charge in [0.25, 0.3) is 0 Å². The summed E-state index contributed by atoms with van der Waals surface area (Å²) in [7, 11) is 0. The number of rotatable bonds is 7. The quantitative estimate of drug-likeness (QED) is 0.589. The molecular weight excluding hydrogens is 230 g/mol. The fourth-order valence-electron chi connectivity index (χ4n) is 1.36. The number of carbonyl (C=O) groups is 1. The second kappa shape index (κ2) is 8.44. The van der Waals surface area contributed by atoms with Gasteiger partial charge in [0.2, 0.25) is 0 Å². The van der Waals surface area contributed by atoms with Crippen LogP contribution in [-0.2, 0) is 20.9 Å². The molecule has 0 aromatic heterocycles. The Labute approximate surface area is 107 Å². The van der Waals surface area contributed by atoms with E-state index in [0.29, 0.717) is 19.8 Å². The molecule has 0 saturated carbocycles. The summed E-state index contributed by atoms with van der Waals surface area (Å²) in [6.45, 7) is 2.91. The van der Waals surface area contributed by atoms with Gasteiger partial charge in [-0.25, -0.2) is 4.79 Å². The molecule has 0 heterocycles. The normalized spacial score (nSPS) is 12.6. The largest absolute Gasteiger partial charge is 0.463 e. The van der Waals surface area contributed by atoms with Crippen molar-refractivity contribution in [3.63, 3.8) is 0 Å². The van der Waals surface area contributed by atoms with Gasteiger partial charge in [-0.05, 0) is 18.6 Å². The average Bonchev–Trinajstić information content (AvgIpc) is 2.40. The number of nitrogens with two attached hydrogens (primary N) is 1. The molecule has 1 atom stereocenters. The first-order valence-electron chi connectivity index (χ1n) is 5.96. The van der Waals surface area contributed by atoms with E-state index in [1.165, 1.54) is 6.08 Å². The summed E-state index contributed by atoms with van der Waals surface area (Å²) < 4.78 is 10.4. The zero-order chi connectivity index (χ0) is 13.2. The van der Waals surface area contributed by atoms with Gasteiger partial charge in [0.1, 0.15) is 0 Å². The topological polar surface area (TPSA) is 61.5 Å². The second-order valence-electron chi connectivity index (χ2n) is 3.68. The van der Waals surface area contributed by atoms with Crippen molar-refractivity contribution in [2.75, 3.05) is 13.2 Å². The first-order chi connectivity index (χ1) is 8.76. The lowest BCUT2D eigenvalue weighted by Gasteiger charge is -2.11. The lowest BCUT2D eigenvalue weighted by atomic mass is 10.2. The summed E-state index contributed by atoms with van der Waals surface area (Å²) in [5.41, 5.74) is 6.64. The molecule has 0 saturated heterocycles. The van der Waals surface area contributed by atoms with E-state index in [1.807, 2.05) is 30.3 Å². The van der Waals surface area contributed by atoms with Crippen LogP contribution in [0.2, 0.25) is 0 Å². The van der Waals surface area contributed by atoms with Gasteiger partial charge in [0, 0.05) is 12.6 Å². The molecule has 1 aromatic carbocycles. The van der Waals surface area contributed by atoms with Gasteiger partial charge in [0.15, 0.2) is 0 Å². The van der Waals surface area contributed by atoms with E-state index in [4.69, 9.17) is 15.2 Å². The summed E-state index contributed by atoms with van der Waals surface area (Å²) in [5, 5.41) is 0. The fourth-order valence-corrected chi connectivity index (χ4v) is 1.36. The van der Waals surface area contributed by atoms with Gasteiger partial charge in [-0.15, -0.1) is 0 Å². The number of carbonyl (C=O) groups excluding carboxylic acids is 1. The van der Waals surface area contributed by atoms with Crippen LogP contribution < -0.4 is 5.73 Å². The van der Waals surface area contributed by atoms with Crippen molar-refractivity contribution in [1.29, 1.82) is 0 Å². The Bertz CT molecular complexity index is 376. The smallest absolute Gasteiger partial charge is 0.330 e. The van der Waals surface area contributed by atoms with Crippen LogP contribution in [0.25, 0.3) is 0 Å². The maximum absolute atomic E-state index is 11.1. The minimum Gasteiger partial charge on any atom is -0.463 e. The standard InChI is InChI=1S/C14H19NO3/c1-2-17-14(16)9-8-13(10-15)18-11-12-6-4-3-5-7-12/h3-9,13H,2,10-11,15H2,1H3/b9-8+/t13-/m0/s1. The van der Waals surface area contributed by atoms with Crippen LogP contribution >= 0.6 is 0 Å². The molecule has 0 aliphatic carbocycles. The van der Waals surface area contributed by atoms with E-state index >= 15 is 0 Å². The van der Waals surface area contributed by atoms with E-state index in [2.05, 4.69) is 0 Å². The fraction of sp³-hybridized carbons (Fsp3) is 0.357. The number of esters is 1. The molecule has 0 aliphatic rings. The number of hydrogen-bond acceptors (Lipinski definition) is 4. The van der Waals surface area contributed by atoms with Crippen molar-refractivity contribution >= 4 is 5.97 Å². The van der Waals surface area contributed by atoms with Crippen LogP contribution in [0.5, 0.6) is 0 Å². The van der Waals surface area contributed by atoms with E-state index in [9.17, 15) is 4.79 Å². The second-order valence-corrected chi connectivity index (χ2v) is 3.68. The van der Waals surface area contributed by atoms with Gasteiger partial charge in [-0.1, -0.05) is 30.3 Å². The van der Waals surface area contributed by atoms with Crippen LogP contribution in [0.3, 0.4) is 0 Å². The maximum Gasteiger partial charge on any atom is 0.330 e. The number of ether oxygens (including phenoxy) is 2. The molecule has 4 nitrogen and oxygen atoms in total. The Hall–Kier alpha value is -1.65. The zero-order valence-corrected chi connectivity index (χ0v) is 10.5. The summed E-state index contributed by atoms with van der Waals surface area (Å²) in [6.07, 6.45) is 2.70. The SMILES string of the molecule is CCOC(=O)/C=C/[C@@H](CN)OCc1ccccc1. The average molecular weight is 249 g/mol. The van der Waals surface area contributed by atoms with Crippen molar-refractivity contribution in [1.82, 2.24) is 0 Å². The highest BCUT2D eigenvalue weighted by Gasteiger charge is 2.04. The third-order valence-corrected chi connectivity index (χ3v) is 2.27. The molecule has 18 heavy (non-hydrogen) atoms. The summed E-state index contributed by atoms with van der Waals surface area (Å²) in [5.74, 6) is -0.376. The molecule has 0 unspecified atom stereocenters. The van der Waals surface area contributed by atoms with Gasteiger partial charge in [-0.3, -0.25) is 0 Å². The molecule has 0 radical (unpaired) electrons. The monoisotopic (exact) mass is 249 g/mol. The highest BCUT2D eigenvalue weighted by Crippen LogP contribution is 2.03. The molecule has 1 aromatic rings. The van der Waals surface area contributed by atoms with Gasteiger partial charge in [-0.2, -0.15) is 0 Å². The molecular formula is C14H19NO3. The van der Waals surface area contributed by atoms with E-state index in [0.717, 1.165) is 5.56 Å². The third-order valence-electron chi connectivity index (χ3n) is 2.27. The molecule has 0 fully saturated rings. The Kier molecular flexibility index (Phi) is 6.76. The van der Waals surface area contributed by atoms with Gasteiger partial charge in [0.05, 0.1) is 19.3 Å². The highest BCUT2D eigenvalue weighted by atomic mass is 16.5. The summed E-state index contributed by atoms with van der Waals surface area (Å²) in [4.78, 5) is 11.1. The lowest BCUT2D eigenvalue weighted by Crippen LogP contribution is -2.21. The van der Waals surface area contributed by atoms with E-state index in [1.54, 1.807) is 13.0 Å². The maximum atomic E-state index is 11.1. The molecule has 0 aliphatic heterocycles. The predicted molar refractivity (Wildman–Crippen MR) is 69.8 cm³/mol. The van der Waals surface area contributed by atoms with Crippen molar-refractivity contribution in [3.8, 4) is 0 Å². The Morgan fingerprint density at radius 1 is 1.39 bits per heavy atom. The van der Waals surface area contributed by atoms with Gasteiger partial charge < -0.3 is 15.2 Å². The van der Waals surface area contributed by atoms with Crippen molar-refractivity contribution in [2.24, 2.45) is 5.73 Å². The third kappa shape index (κ3) is 5.61. The highest BCUT2D eigenvalue weighted by molar-refractivity contribution is 5.81. The summed E-state index contributed by atoms with van der Waals surface area (Å²) >= 11 is 0. The zero-order valence-electron chi connectivity index (χ0n) is 10.5. The van der Waals surface area contributed by atoms with Crippen LogP contribution in [0, 0.1) is 0 Å². The summed E-state index contributed by atoms with van der Waals surface area (Å²) in [6, 6.07) is 9.80. The minimum atomic E-state index is -0.376. The van der Waals surface area contributed by atoms with E-state index in [-0.39, 0.29) is 12.1 Å². The van der Waals surface area contributed by atoms with Crippen LogP contribution in [0.1, 0.15) is 12.5 Å². The molecule has 0 bridgehead atoms. The minimum absolute atomic E-state index is 0.283. The molecule has 2 N–H and O–H groups in total. The number of hydrogen-bond donors (Lipinski definition) is 1. The predicted octanol–water partition coefficient (Wildman–Crippen LogP) is 1.65. The Morgan fingerprint density at radius 2 is 2.11 bits per heavy atom. The first kappa shape index (κ1) is 14.4. The van der Waals surface area contributed by atoms with E-state index < -0.39 is 0 Å². The molecule has 0 spiro atoms. The van der Waals surface area contributed by atoms with Crippen molar-refractivity contribution in [2.45, 2.75) is 19.6 Å². The Balaban J connectivity index is 2.40. The molecule has 98 valence electrons. The van der Waals surface area contributed by atoms with Crippen molar-refractivity contribution < 1.29 is 14.3 Å². The van der Waals surface area contributed by atoms with Crippen LogP contribution in [0.15, 0.2) is 42.5 Å². The van der Waals surface area contributed by atoms with Crippen molar-refractivity contribution in [3.05, 3.63) is 48.0 Å². The van der Waals surface area contributed by atoms with Crippen LogP contribution in [-0.4, -0.2) is 25.2 Å². The molecule has 0 amide bonds. The lowest BCUT2D eigenvalue weighted by molar-refractivity contribution is -0.137. The molecule has 1 rings (SSSR count). The Morgan fingerprint density at radius 3 is 2.72 bits per heavy atom. The first-order valence-corrected chi connectivity index (χ1v) is 5.96.